The molecule has 1 rings (SSSR count). The SMILES string of the molecule is Cc1c(C#N)ccc(OC(F)(F)F)c1CC(=O)O. The molecule has 0 saturated heterocycles. The van der Waals surface area contributed by atoms with Gasteiger partial charge in [0.05, 0.1) is 18.1 Å². The second-order valence-electron chi connectivity index (χ2n) is 3.44. The molecule has 18 heavy (non-hydrogen) atoms. The smallest absolute Gasteiger partial charge is 0.481 e. The molecule has 0 spiro atoms. The molecule has 0 aromatic heterocycles. The van der Waals surface area contributed by atoms with Crippen LogP contribution in [-0.4, -0.2) is 17.4 Å². The third-order valence-corrected chi connectivity index (χ3v) is 2.23. The molecule has 0 aliphatic carbocycles. The van der Waals surface area contributed by atoms with Gasteiger partial charge in [0, 0.05) is 5.56 Å². The number of nitriles is 1. The molecule has 0 radical (unpaired) electrons. The van der Waals surface area contributed by atoms with Gasteiger partial charge in [-0.2, -0.15) is 5.26 Å². The summed E-state index contributed by atoms with van der Waals surface area (Å²) in [7, 11) is 0. The van der Waals surface area contributed by atoms with Crippen molar-refractivity contribution < 1.29 is 27.8 Å². The molecule has 0 unspecified atom stereocenters. The molecule has 1 N–H and O–H groups in total. The summed E-state index contributed by atoms with van der Waals surface area (Å²) in [6, 6.07) is 3.87. The number of hydrogen-bond donors (Lipinski definition) is 1. The first-order valence-corrected chi connectivity index (χ1v) is 4.74. The first-order chi connectivity index (χ1) is 8.24. The zero-order chi connectivity index (χ0) is 13.9. The summed E-state index contributed by atoms with van der Waals surface area (Å²) < 4.78 is 40.2. The van der Waals surface area contributed by atoms with Crippen molar-refractivity contribution in [2.75, 3.05) is 0 Å². The normalized spacial score (nSPS) is 10.8. The summed E-state index contributed by atoms with van der Waals surface area (Å²) in [5.74, 6) is -1.90. The van der Waals surface area contributed by atoms with Crippen LogP contribution in [0.5, 0.6) is 5.75 Å². The third-order valence-electron chi connectivity index (χ3n) is 2.23. The number of nitrogens with zero attached hydrogens (tertiary/aromatic N) is 1. The number of rotatable bonds is 3. The highest BCUT2D eigenvalue weighted by Crippen LogP contribution is 2.30. The number of alkyl halides is 3. The number of halogens is 3. The van der Waals surface area contributed by atoms with Crippen LogP contribution < -0.4 is 4.74 Å². The number of benzene rings is 1. The maximum atomic E-state index is 12.1. The Hall–Kier alpha value is -2.23. The van der Waals surface area contributed by atoms with Crippen molar-refractivity contribution in [2.45, 2.75) is 19.7 Å². The molecule has 1 aromatic carbocycles. The Morgan fingerprint density at radius 2 is 2.11 bits per heavy atom. The van der Waals surface area contributed by atoms with Crippen LogP contribution in [0.15, 0.2) is 12.1 Å². The highest BCUT2D eigenvalue weighted by molar-refractivity contribution is 5.72. The van der Waals surface area contributed by atoms with Gasteiger partial charge < -0.3 is 9.84 Å². The third kappa shape index (κ3) is 3.38. The Morgan fingerprint density at radius 3 is 2.56 bits per heavy atom. The van der Waals surface area contributed by atoms with E-state index in [1.807, 2.05) is 0 Å². The fourth-order valence-corrected chi connectivity index (χ4v) is 1.44. The van der Waals surface area contributed by atoms with Crippen molar-refractivity contribution in [1.82, 2.24) is 0 Å². The molecule has 0 aliphatic heterocycles. The number of hydrogen-bond acceptors (Lipinski definition) is 3. The number of aliphatic carboxylic acids is 1. The highest BCUT2D eigenvalue weighted by atomic mass is 19.4. The standard InChI is InChI=1S/C11H8F3NO3/c1-6-7(5-15)2-3-9(18-11(12,13)14)8(6)4-10(16)17/h2-3H,4H2,1H3,(H,16,17). The van der Waals surface area contributed by atoms with E-state index in [-0.39, 0.29) is 16.7 Å². The Labute approximate surface area is 100 Å². The lowest BCUT2D eigenvalue weighted by atomic mass is 9.99. The topological polar surface area (TPSA) is 70.3 Å². The quantitative estimate of drug-likeness (QED) is 0.904. The van der Waals surface area contributed by atoms with Crippen molar-refractivity contribution >= 4 is 5.97 Å². The van der Waals surface area contributed by atoms with Crippen molar-refractivity contribution in [2.24, 2.45) is 0 Å². The molecular formula is C11H8F3NO3. The lowest BCUT2D eigenvalue weighted by Crippen LogP contribution is -2.19. The number of ether oxygens (including phenoxy) is 1. The first-order valence-electron chi connectivity index (χ1n) is 4.74. The molecule has 4 nitrogen and oxygen atoms in total. The lowest BCUT2D eigenvalue weighted by Gasteiger charge is -2.14. The van der Waals surface area contributed by atoms with E-state index < -0.39 is 24.5 Å². The maximum Gasteiger partial charge on any atom is 0.573 e. The molecule has 1 aromatic rings. The molecule has 0 bridgehead atoms. The molecule has 0 amide bonds. The van der Waals surface area contributed by atoms with Crippen LogP contribution in [0, 0.1) is 18.3 Å². The van der Waals surface area contributed by atoms with E-state index in [2.05, 4.69) is 4.74 Å². The van der Waals surface area contributed by atoms with Crippen LogP contribution >= 0.6 is 0 Å². The van der Waals surface area contributed by atoms with E-state index >= 15 is 0 Å². The van der Waals surface area contributed by atoms with Crippen LogP contribution in [0.1, 0.15) is 16.7 Å². The molecule has 0 heterocycles. The van der Waals surface area contributed by atoms with Crippen LogP contribution in [0.4, 0.5) is 13.2 Å². The van der Waals surface area contributed by atoms with Crippen LogP contribution in [0.2, 0.25) is 0 Å². The Bertz CT molecular complexity index is 517. The average molecular weight is 259 g/mol. The van der Waals surface area contributed by atoms with E-state index in [9.17, 15) is 18.0 Å². The summed E-state index contributed by atoms with van der Waals surface area (Å²) in [5.41, 5.74) is 0.126. The zero-order valence-corrected chi connectivity index (χ0v) is 9.21. The van der Waals surface area contributed by atoms with Gasteiger partial charge in [0.1, 0.15) is 5.75 Å². The zero-order valence-electron chi connectivity index (χ0n) is 9.21. The van der Waals surface area contributed by atoms with Crippen molar-refractivity contribution in [1.29, 1.82) is 5.26 Å². The monoisotopic (exact) mass is 259 g/mol. The molecule has 0 saturated carbocycles. The van der Waals surface area contributed by atoms with Crippen molar-refractivity contribution in [3.63, 3.8) is 0 Å². The summed E-state index contributed by atoms with van der Waals surface area (Å²) in [5, 5.41) is 17.4. The predicted molar refractivity (Wildman–Crippen MR) is 53.9 cm³/mol. The molecule has 0 fully saturated rings. The number of carbonyl (C=O) groups is 1. The summed E-state index contributed by atoms with van der Waals surface area (Å²) >= 11 is 0. The van der Waals surface area contributed by atoms with Gasteiger partial charge in [-0.05, 0) is 24.6 Å². The number of carboxylic acids is 1. The molecule has 0 atom stereocenters. The highest BCUT2D eigenvalue weighted by Gasteiger charge is 2.32. The minimum Gasteiger partial charge on any atom is -0.481 e. The molecule has 96 valence electrons. The van der Waals surface area contributed by atoms with Gasteiger partial charge in [0.2, 0.25) is 0 Å². The fourth-order valence-electron chi connectivity index (χ4n) is 1.44. The van der Waals surface area contributed by atoms with E-state index in [0.29, 0.717) is 0 Å². The summed E-state index contributed by atoms with van der Waals surface area (Å²) in [6.45, 7) is 1.38. The van der Waals surface area contributed by atoms with Gasteiger partial charge >= 0.3 is 12.3 Å². The van der Waals surface area contributed by atoms with Gasteiger partial charge in [-0.25, -0.2) is 0 Å². The molecule has 0 aliphatic rings. The van der Waals surface area contributed by atoms with Crippen LogP contribution in [-0.2, 0) is 11.2 Å². The minimum absolute atomic E-state index is 0.112. The van der Waals surface area contributed by atoms with E-state index in [1.165, 1.54) is 6.92 Å². The minimum atomic E-state index is -4.91. The predicted octanol–water partition coefficient (Wildman–Crippen LogP) is 2.39. The molecule has 7 heteroatoms. The second-order valence-corrected chi connectivity index (χ2v) is 3.44. The van der Waals surface area contributed by atoms with Gasteiger partial charge in [0.15, 0.2) is 0 Å². The Morgan fingerprint density at radius 1 is 1.50 bits per heavy atom. The summed E-state index contributed by atoms with van der Waals surface area (Å²) in [6.07, 6.45) is -5.55. The maximum absolute atomic E-state index is 12.1. The van der Waals surface area contributed by atoms with Crippen LogP contribution in [0.25, 0.3) is 0 Å². The van der Waals surface area contributed by atoms with Crippen LogP contribution in [0.3, 0.4) is 0 Å². The van der Waals surface area contributed by atoms with Crippen molar-refractivity contribution in [3.8, 4) is 11.8 Å². The molecular weight excluding hydrogens is 251 g/mol. The second kappa shape index (κ2) is 4.96. The van der Waals surface area contributed by atoms with Gasteiger partial charge in [-0.1, -0.05) is 0 Å². The number of carboxylic acid groups (broad SMARTS) is 1. The summed E-state index contributed by atoms with van der Waals surface area (Å²) in [4.78, 5) is 10.6. The Balaban J connectivity index is 3.30. The van der Waals surface area contributed by atoms with E-state index in [1.54, 1.807) is 6.07 Å². The average Bonchev–Trinajstić information content (AvgIpc) is 2.21. The van der Waals surface area contributed by atoms with Gasteiger partial charge in [-0.3, -0.25) is 4.79 Å². The Kier molecular flexibility index (Phi) is 3.81. The van der Waals surface area contributed by atoms with E-state index in [0.717, 1.165) is 12.1 Å². The first kappa shape index (κ1) is 13.8. The largest absolute Gasteiger partial charge is 0.573 e. The van der Waals surface area contributed by atoms with Gasteiger partial charge in [0.25, 0.3) is 0 Å². The van der Waals surface area contributed by atoms with E-state index in [4.69, 9.17) is 10.4 Å². The lowest BCUT2D eigenvalue weighted by molar-refractivity contribution is -0.275. The van der Waals surface area contributed by atoms with Crippen molar-refractivity contribution in [3.05, 3.63) is 28.8 Å². The van der Waals surface area contributed by atoms with Gasteiger partial charge in [-0.15, -0.1) is 13.2 Å². The fraction of sp³-hybridized carbons (Fsp3) is 0.273.